The molecule has 1 atom stereocenters. The van der Waals surface area contributed by atoms with Gasteiger partial charge in [0.1, 0.15) is 0 Å². The van der Waals surface area contributed by atoms with E-state index in [0.29, 0.717) is 24.4 Å². The number of nitrogens with zero attached hydrogens (tertiary/aromatic N) is 5. The van der Waals surface area contributed by atoms with Gasteiger partial charge in [0.15, 0.2) is 0 Å². The number of hydrazine groups is 1. The molecule has 4 N–H and O–H groups in total. The summed E-state index contributed by atoms with van der Waals surface area (Å²) in [6.45, 7) is 8.89. The molecule has 0 radical (unpaired) electrons. The van der Waals surface area contributed by atoms with E-state index in [0.717, 1.165) is 32.5 Å². The fraction of sp³-hybridized carbons (Fsp3) is 0.769. The van der Waals surface area contributed by atoms with Crippen molar-refractivity contribution in [3.05, 3.63) is 0 Å². The highest BCUT2D eigenvalue weighted by Crippen LogP contribution is 2.25. The van der Waals surface area contributed by atoms with E-state index in [9.17, 15) is 5.11 Å². The monoisotopic (exact) mass is 295 g/mol. The Morgan fingerprint density at radius 2 is 2.05 bits per heavy atom. The van der Waals surface area contributed by atoms with Crippen LogP contribution in [0.2, 0.25) is 0 Å². The molecule has 1 aliphatic heterocycles. The molecule has 1 aromatic rings. The van der Waals surface area contributed by atoms with E-state index >= 15 is 0 Å². The van der Waals surface area contributed by atoms with Gasteiger partial charge in [-0.15, -0.1) is 0 Å². The summed E-state index contributed by atoms with van der Waals surface area (Å²) in [6, 6.07) is 0. The molecule has 118 valence electrons. The van der Waals surface area contributed by atoms with E-state index in [4.69, 9.17) is 5.84 Å². The van der Waals surface area contributed by atoms with E-state index in [1.165, 1.54) is 0 Å². The van der Waals surface area contributed by atoms with Gasteiger partial charge in [-0.05, 0) is 33.6 Å². The van der Waals surface area contributed by atoms with Gasteiger partial charge in [0, 0.05) is 26.2 Å². The maximum atomic E-state index is 10.2. The summed E-state index contributed by atoms with van der Waals surface area (Å²) in [7, 11) is 0. The maximum Gasteiger partial charge on any atom is 0.243 e. The Morgan fingerprint density at radius 3 is 2.62 bits per heavy atom. The number of nitrogens with two attached hydrogens (primary N) is 1. The van der Waals surface area contributed by atoms with E-state index < -0.39 is 5.60 Å². The van der Waals surface area contributed by atoms with Crippen molar-refractivity contribution >= 4 is 17.8 Å². The lowest BCUT2D eigenvalue weighted by molar-refractivity contribution is 0.0444. The summed E-state index contributed by atoms with van der Waals surface area (Å²) >= 11 is 0. The lowest BCUT2D eigenvalue weighted by Crippen LogP contribution is -2.47. The van der Waals surface area contributed by atoms with Gasteiger partial charge in [-0.3, -0.25) is 5.43 Å². The third-order valence-corrected chi connectivity index (χ3v) is 3.74. The molecule has 1 aliphatic rings. The second-order valence-electron chi connectivity index (χ2n) is 5.60. The smallest absolute Gasteiger partial charge is 0.243 e. The number of piperidine rings is 1. The molecule has 0 aromatic carbocycles. The number of rotatable bonds is 5. The molecule has 8 heteroatoms. The summed E-state index contributed by atoms with van der Waals surface area (Å²) in [5, 5.41) is 10.2. The van der Waals surface area contributed by atoms with Crippen LogP contribution in [0.25, 0.3) is 0 Å². The number of nitrogen functional groups attached to an aromatic ring is 1. The van der Waals surface area contributed by atoms with Gasteiger partial charge < -0.3 is 14.9 Å². The summed E-state index contributed by atoms with van der Waals surface area (Å²) in [4.78, 5) is 17.2. The van der Waals surface area contributed by atoms with Gasteiger partial charge in [-0.1, -0.05) is 0 Å². The molecule has 0 saturated carbocycles. The molecule has 1 aromatic heterocycles. The van der Waals surface area contributed by atoms with Gasteiger partial charge >= 0.3 is 0 Å². The van der Waals surface area contributed by atoms with Crippen LogP contribution in [0, 0.1) is 0 Å². The Labute approximate surface area is 125 Å². The van der Waals surface area contributed by atoms with Crippen LogP contribution in [0.1, 0.15) is 33.6 Å². The van der Waals surface area contributed by atoms with E-state index in [1.54, 1.807) is 0 Å². The molecule has 1 fully saturated rings. The minimum absolute atomic E-state index is 0.340. The molecule has 2 heterocycles. The molecule has 1 saturated heterocycles. The van der Waals surface area contributed by atoms with Crippen LogP contribution in [-0.2, 0) is 0 Å². The van der Waals surface area contributed by atoms with Gasteiger partial charge in [0.05, 0.1) is 5.60 Å². The summed E-state index contributed by atoms with van der Waals surface area (Å²) < 4.78 is 0. The average molecular weight is 295 g/mol. The minimum Gasteiger partial charge on any atom is -0.388 e. The highest BCUT2D eigenvalue weighted by Gasteiger charge is 2.30. The molecule has 0 bridgehead atoms. The first-order valence-corrected chi connectivity index (χ1v) is 7.44. The predicted octanol–water partition coefficient (Wildman–Crippen LogP) is 0.355. The number of hydrogen-bond donors (Lipinski definition) is 3. The Kier molecular flexibility index (Phi) is 4.79. The standard InChI is InChI=1S/C13H25N7O/c1-4-19(5-2)11-15-10(18-14)16-12(17-11)20-8-6-7-13(3,21)9-20/h21H,4-9,14H2,1-3H3,(H,15,16,17,18). The first kappa shape index (κ1) is 15.7. The van der Waals surface area contributed by atoms with Crippen LogP contribution >= 0.6 is 0 Å². The Hall–Kier alpha value is -1.67. The van der Waals surface area contributed by atoms with Crippen LogP contribution in [0.3, 0.4) is 0 Å². The lowest BCUT2D eigenvalue weighted by atomic mass is 9.95. The minimum atomic E-state index is -0.712. The topological polar surface area (TPSA) is 103 Å². The van der Waals surface area contributed by atoms with Crippen molar-refractivity contribution in [2.24, 2.45) is 5.84 Å². The molecule has 0 aliphatic carbocycles. The third-order valence-electron chi connectivity index (χ3n) is 3.74. The van der Waals surface area contributed by atoms with Crippen molar-refractivity contribution in [3.8, 4) is 0 Å². The van der Waals surface area contributed by atoms with Crippen LogP contribution < -0.4 is 21.1 Å². The van der Waals surface area contributed by atoms with Crippen molar-refractivity contribution in [3.63, 3.8) is 0 Å². The van der Waals surface area contributed by atoms with E-state index in [-0.39, 0.29) is 0 Å². The SMILES string of the molecule is CCN(CC)c1nc(NN)nc(N2CCCC(C)(O)C2)n1. The number of nitrogens with one attached hydrogen (secondary N) is 1. The second-order valence-corrected chi connectivity index (χ2v) is 5.60. The fourth-order valence-electron chi connectivity index (χ4n) is 2.60. The van der Waals surface area contributed by atoms with E-state index in [2.05, 4.69) is 20.4 Å². The average Bonchev–Trinajstić information content (AvgIpc) is 2.47. The predicted molar refractivity (Wildman–Crippen MR) is 83.3 cm³/mol. The quantitative estimate of drug-likeness (QED) is 0.528. The van der Waals surface area contributed by atoms with Gasteiger partial charge in [-0.25, -0.2) is 5.84 Å². The molecule has 0 amide bonds. The maximum absolute atomic E-state index is 10.2. The molecular formula is C13H25N7O. The van der Waals surface area contributed by atoms with Crippen molar-refractivity contribution < 1.29 is 5.11 Å². The largest absolute Gasteiger partial charge is 0.388 e. The fourth-order valence-corrected chi connectivity index (χ4v) is 2.60. The zero-order chi connectivity index (χ0) is 15.5. The van der Waals surface area contributed by atoms with E-state index in [1.807, 2.05) is 30.6 Å². The second kappa shape index (κ2) is 6.40. The van der Waals surface area contributed by atoms with Crippen molar-refractivity contribution in [2.45, 2.75) is 39.2 Å². The van der Waals surface area contributed by atoms with Crippen LogP contribution in [0.5, 0.6) is 0 Å². The molecule has 2 rings (SSSR count). The van der Waals surface area contributed by atoms with Crippen molar-refractivity contribution in [1.82, 2.24) is 15.0 Å². The molecule has 21 heavy (non-hydrogen) atoms. The number of hydrogen-bond acceptors (Lipinski definition) is 8. The van der Waals surface area contributed by atoms with Crippen LogP contribution in [-0.4, -0.2) is 51.8 Å². The molecule has 1 unspecified atom stereocenters. The van der Waals surface area contributed by atoms with Gasteiger partial charge in [0.2, 0.25) is 17.8 Å². The summed E-state index contributed by atoms with van der Waals surface area (Å²) in [6.07, 6.45) is 1.70. The molecule has 0 spiro atoms. The number of anilines is 3. The van der Waals surface area contributed by atoms with Gasteiger partial charge in [-0.2, -0.15) is 15.0 Å². The normalized spacial score (nSPS) is 22.2. The zero-order valence-electron chi connectivity index (χ0n) is 13.0. The Morgan fingerprint density at radius 1 is 1.33 bits per heavy atom. The molecule has 8 nitrogen and oxygen atoms in total. The Balaban J connectivity index is 2.32. The van der Waals surface area contributed by atoms with Crippen molar-refractivity contribution in [1.29, 1.82) is 0 Å². The number of aliphatic hydroxyl groups is 1. The summed E-state index contributed by atoms with van der Waals surface area (Å²) in [5.74, 6) is 6.96. The zero-order valence-corrected chi connectivity index (χ0v) is 13.0. The van der Waals surface area contributed by atoms with Crippen molar-refractivity contribution in [2.75, 3.05) is 41.4 Å². The Bertz CT molecular complexity index is 476. The van der Waals surface area contributed by atoms with Gasteiger partial charge in [0.25, 0.3) is 0 Å². The highest BCUT2D eigenvalue weighted by atomic mass is 16.3. The first-order valence-electron chi connectivity index (χ1n) is 7.44. The first-order chi connectivity index (χ1) is 9.99. The third kappa shape index (κ3) is 3.70. The lowest BCUT2D eigenvalue weighted by Gasteiger charge is -2.37. The van der Waals surface area contributed by atoms with Crippen LogP contribution in [0.4, 0.5) is 17.8 Å². The summed E-state index contributed by atoms with van der Waals surface area (Å²) in [5.41, 5.74) is 1.78. The highest BCUT2D eigenvalue weighted by molar-refractivity contribution is 5.45. The molecular weight excluding hydrogens is 270 g/mol. The van der Waals surface area contributed by atoms with Crippen LogP contribution in [0.15, 0.2) is 0 Å². The number of aromatic nitrogens is 3. The number of β-amino-alcohol motifs (C(OH)–C–C–N with tert-alkyl or cyclic N) is 1.